The van der Waals surface area contributed by atoms with Crippen LogP contribution in [-0.4, -0.2) is 31.8 Å². The largest absolute Gasteiger partial charge is 0.489 e. The number of para-hydroxylation sites is 1. The van der Waals surface area contributed by atoms with Crippen molar-refractivity contribution in [1.29, 1.82) is 0 Å². The Kier molecular flexibility index (Phi) is 6.14. The van der Waals surface area contributed by atoms with Crippen LogP contribution in [0.1, 0.15) is 12.8 Å². The van der Waals surface area contributed by atoms with Crippen LogP contribution < -0.4 is 20.3 Å². The molecule has 2 N–H and O–H groups in total. The van der Waals surface area contributed by atoms with Gasteiger partial charge in [-0.15, -0.1) is 0 Å². The average molecular weight is 351 g/mol. The highest BCUT2D eigenvalue weighted by Crippen LogP contribution is 2.20. The molecule has 0 unspecified atom stereocenters. The van der Waals surface area contributed by atoms with Gasteiger partial charge < -0.3 is 20.3 Å². The number of ether oxygens (including phenoxy) is 1. The van der Waals surface area contributed by atoms with Crippen LogP contribution in [0.5, 0.6) is 5.75 Å². The predicted octanol–water partition coefficient (Wildman–Crippen LogP) is 4.04. The molecular weight excluding hydrogens is 326 g/mol. The van der Waals surface area contributed by atoms with Crippen molar-refractivity contribution in [2.45, 2.75) is 18.9 Å². The molecule has 0 aromatic heterocycles. The summed E-state index contributed by atoms with van der Waals surface area (Å²) in [5.41, 5.74) is 1.96. The third-order valence-electron chi connectivity index (χ3n) is 4.41. The first kappa shape index (κ1) is 17.9. The van der Waals surface area contributed by atoms with Crippen LogP contribution in [0.2, 0.25) is 0 Å². The predicted molar refractivity (Wildman–Crippen MR) is 106 cm³/mol. The molecule has 1 aliphatic rings. The first-order valence-corrected chi connectivity index (χ1v) is 8.96. The number of nitrogens with one attached hydrogen (secondary N) is 2. The number of carbonyl (C=O) groups excluding carboxylic acids is 1. The smallest absolute Gasteiger partial charge is 0.319 e. The number of benzene rings is 2. The Balaban J connectivity index is 1.46. The Hall–Kier alpha value is -2.95. The molecule has 1 fully saturated rings. The summed E-state index contributed by atoms with van der Waals surface area (Å²) in [6.45, 7) is 5.96. The Labute approximate surface area is 154 Å². The zero-order valence-electron chi connectivity index (χ0n) is 14.9. The summed E-state index contributed by atoms with van der Waals surface area (Å²) in [4.78, 5) is 14.6. The second kappa shape index (κ2) is 8.94. The lowest BCUT2D eigenvalue weighted by atomic mass is 10.0. The van der Waals surface area contributed by atoms with Crippen molar-refractivity contribution >= 4 is 17.4 Å². The zero-order chi connectivity index (χ0) is 18.2. The number of anilines is 2. The van der Waals surface area contributed by atoms with Crippen LogP contribution in [0.3, 0.4) is 0 Å². The van der Waals surface area contributed by atoms with E-state index in [2.05, 4.69) is 46.4 Å². The van der Waals surface area contributed by atoms with Gasteiger partial charge in [0.2, 0.25) is 0 Å². The van der Waals surface area contributed by atoms with Gasteiger partial charge in [0.05, 0.1) is 0 Å². The molecule has 0 aliphatic carbocycles. The number of amides is 2. The van der Waals surface area contributed by atoms with Crippen molar-refractivity contribution < 1.29 is 9.53 Å². The summed E-state index contributed by atoms with van der Waals surface area (Å²) in [5, 5.41) is 5.95. The first-order valence-electron chi connectivity index (χ1n) is 8.96. The molecule has 3 rings (SSSR count). The number of urea groups is 1. The fourth-order valence-corrected chi connectivity index (χ4v) is 3.09. The summed E-state index contributed by atoms with van der Waals surface area (Å²) in [5.74, 6) is 0.707. The number of carbonyl (C=O) groups is 1. The Bertz CT molecular complexity index is 725. The lowest BCUT2D eigenvalue weighted by Crippen LogP contribution is -2.46. The molecule has 2 aromatic rings. The molecule has 0 saturated carbocycles. The van der Waals surface area contributed by atoms with Gasteiger partial charge in [-0.05, 0) is 37.1 Å². The van der Waals surface area contributed by atoms with E-state index >= 15 is 0 Å². The molecule has 5 nitrogen and oxygen atoms in total. The lowest BCUT2D eigenvalue weighted by Gasteiger charge is -2.33. The van der Waals surface area contributed by atoms with E-state index in [9.17, 15) is 4.79 Å². The summed E-state index contributed by atoms with van der Waals surface area (Å²) in [6, 6.07) is 17.8. The van der Waals surface area contributed by atoms with Gasteiger partial charge in [0.15, 0.2) is 0 Å². The van der Waals surface area contributed by atoms with Crippen molar-refractivity contribution in [3.05, 3.63) is 67.3 Å². The van der Waals surface area contributed by atoms with Gasteiger partial charge in [-0.25, -0.2) is 4.79 Å². The van der Waals surface area contributed by atoms with Gasteiger partial charge in [-0.2, -0.15) is 0 Å². The number of hydrogen-bond donors (Lipinski definition) is 2. The minimum absolute atomic E-state index is 0.177. The molecule has 0 radical (unpaired) electrons. The maximum Gasteiger partial charge on any atom is 0.319 e. The second-order valence-electron chi connectivity index (χ2n) is 6.32. The van der Waals surface area contributed by atoms with Gasteiger partial charge in [0.1, 0.15) is 12.4 Å². The maximum absolute atomic E-state index is 12.3. The first-order chi connectivity index (χ1) is 12.7. The standard InChI is InChI=1S/C21H25N3O2/c1-2-15-26-20-10-6-7-18(16-20)23-21(25)22-17-11-13-24(14-12-17)19-8-4-3-5-9-19/h2-10,16-17H,1,11-15H2,(H2,22,23,25). The highest BCUT2D eigenvalue weighted by molar-refractivity contribution is 5.89. The summed E-state index contributed by atoms with van der Waals surface area (Å²) < 4.78 is 5.49. The number of piperidine rings is 1. The zero-order valence-corrected chi connectivity index (χ0v) is 14.9. The average Bonchev–Trinajstić information content (AvgIpc) is 2.68. The van der Waals surface area contributed by atoms with Gasteiger partial charge in [-0.1, -0.05) is 36.9 Å². The van der Waals surface area contributed by atoms with E-state index in [-0.39, 0.29) is 12.1 Å². The molecule has 1 aliphatic heterocycles. The van der Waals surface area contributed by atoms with Gasteiger partial charge in [0, 0.05) is 36.6 Å². The molecule has 26 heavy (non-hydrogen) atoms. The van der Waals surface area contributed by atoms with Crippen LogP contribution in [0.25, 0.3) is 0 Å². The maximum atomic E-state index is 12.3. The summed E-state index contributed by atoms with van der Waals surface area (Å²) in [7, 11) is 0. The SMILES string of the molecule is C=CCOc1cccc(NC(=O)NC2CCN(c3ccccc3)CC2)c1. The second-order valence-corrected chi connectivity index (χ2v) is 6.32. The third kappa shape index (κ3) is 5.02. The minimum Gasteiger partial charge on any atom is -0.489 e. The van der Waals surface area contributed by atoms with Crippen LogP contribution in [-0.2, 0) is 0 Å². The molecule has 5 heteroatoms. The van der Waals surface area contributed by atoms with Crippen LogP contribution in [0.15, 0.2) is 67.3 Å². The van der Waals surface area contributed by atoms with E-state index in [4.69, 9.17) is 4.74 Å². The Morgan fingerprint density at radius 2 is 1.92 bits per heavy atom. The van der Waals surface area contributed by atoms with Gasteiger partial charge >= 0.3 is 6.03 Å². The van der Waals surface area contributed by atoms with Crippen molar-refractivity contribution in [2.24, 2.45) is 0 Å². The molecule has 2 aromatic carbocycles. The Morgan fingerprint density at radius 1 is 1.15 bits per heavy atom. The van der Waals surface area contributed by atoms with E-state index in [0.29, 0.717) is 18.0 Å². The molecular formula is C21H25N3O2. The third-order valence-corrected chi connectivity index (χ3v) is 4.41. The normalized spacial score (nSPS) is 14.5. The molecule has 1 saturated heterocycles. The van der Waals surface area contributed by atoms with Gasteiger partial charge in [-0.3, -0.25) is 0 Å². The van der Waals surface area contributed by atoms with Crippen molar-refractivity contribution in [3.8, 4) is 5.75 Å². The number of nitrogens with zero attached hydrogens (tertiary/aromatic N) is 1. The number of rotatable bonds is 6. The number of hydrogen-bond acceptors (Lipinski definition) is 3. The molecule has 0 bridgehead atoms. The fraction of sp³-hybridized carbons (Fsp3) is 0.286. The molecule has 0 atom stereocenters. The molecule has 0 spiro atoms. The van der Waals surface area contributed by atoms with Crippen molar-refractivity contribution in [1.82, 2.24) is 5.32 Å². The fourth-order valence-electron chi connectivity index (χ4n) is 3.09. The molecule has 2 amide bonds. The minimum atomic E-state index is -0.177. The highest BCUT2D eigenvalue weighted by atomic mass is 16.5. The quantitative estimate of drug-likeness (QED) is 0.772. The summed E-state index contributed by atoms with van der Waals surface area (Å²) >= 11 is 0. The van der Waals surface area contributed by atoms with Crippen molar-refractivity contribution in [2.75, 3.05) is 29.9 Å². The van der Waals surface area contributed by atoms with Gasteiger partial charge in [0.25, 0.3) is 0 Å². The lowest BCUT2D eigenvalue weighted by molar-refractivity contribution is 0.246. The summed E-state index contributed by atoms with van der Waals surface area (Å²) in [6.07, 6.45) is 3.56. The van der Waals surface area contributed by atoms with E-state index in [1.807, 2.05) is 24.3 Å². The van der Waals surface area contributed by atoms with E-state index in [0.717, 1.165) is 25.9 Å². The molecule has 1 heterocycles. The molecule has 136 valence electrons. The van der Waals surface area contributed by atoms with Crippen LogP contribution in [0, 0.1) is 0 Å². The van der Waals surface area contributed by atoms with E-state index in [1.54, 1.807) is 12.1 Å². The van der Waals surface area contributed by atoms with E-state index in [1.165, 1.54) is 5.69 Å². The van der Waals surface area contributed by atoms with Crippen molar-refractivity contribution in [3.63, 3.8) is 0 Å². The monoisotopic (exact) mass is 351 g/mol. The van der Waals surface area contributed by atoms with Crippen LogP contribution in [0.4, 0.5) is 16.2 Å². The van der Waals surface area contributed by atoms with Crippen LogP contribution >= 0.6 is 0 Å². The Morgan fingerprint density at radius 3 is 2.65 bits per heavy atom. The topological polar surface area (TPSA) is 53.6 Å². The highest BCUT2D eigenvalue weighted by Gasteiger charge is 2.20. The van der Waals surface area contributed by atoms with E-state index < -0.39 is 0 Å².